The highest BCUT2D eigenvalue weighted by Crippen LogP contribution is 2.31. The Morgan fingerprint density at radius 1 is 1.17 bits per heavy atom. The highest BCUT2D eigenvalue weighted by molar-refractivity contribution is 5.98. The van der Waals surface area contributed by atoms with E-state index >= 15 is 0 Å². The molecule has 0 saturated heterocycles. The summed E-state index contributed by atoms with van der Waals surface area (Å²) in [7, 11) is 0. The van der Waals surface area contributed by atoms with E-state index in [2.05, 4.69) is 14.7 Å². The van der Waals surface area contributed by atoms with Gasteiger partial charge < -0.3 is 14.4 Å². The van der Waals surface area contributed by atoms with E-state index in [-0.39, 0.29) is 25.4 Å². The number of nitrogens with zero attached hydrogens (tertiary/aromatic N) is 3. The predicted octanol–water partition coefficient (Wildman–Crippen LogP) is 4.17. The molecule has 2 heterocycles. The number of halogens is 2. The number of rotatable bonds is 5. The second-order valence-corrected chi connectivity index (χ2v) is 6.31. The largest absolute Gasteiger partial charge is 0.491 e. The Balaban J connectivity index is 1.92. The predicted molar refractivity (Wildman–Crippen MR) is 105 cm³/mol. The maximum atomic E-state index is 13.5. The van der Waals surface area contributed by atoms with Crippen molar-refractivity contribution in [2.75, 3.05) is 13.2 Å². The molecule has 0 radical (unpaired) electrons. The topological polar surface area (TPSA) is 64.6 Å². The quantitative estimate of drug-likeness (QED) is 0.622. The van der Waals surface area contributed by atoms with E-state index in [1.165, 1.54) is 17.3 Å². The van der Waals surface area contributed by atoms with Crippen LogP contribution in [0.25, 0.3) is 11.1 Å². The summed E-state index contributed by atoms with van der Waals surface area (Å²) in [4.78, 5) is 22.9. The molecule has 0 unspecified atom stereocenters. The molecule has 0 spiro atoms. The third kappa shape index (κ3) is 4.53. The second-order valence-electron chi connectivity index (χ2n) is 6.31. The maximum absolute atomic E-state index is 13.5. The molecule has 0 atom stereocenters. The van der Waals surface area contributed by atoms with E-state index in [4.69, 9.17) is 14.3 Å². The lowest BCUT2D eigenvalue weighted by atomic mass is 10.0. The second kappa shape index (κ2) is 8.06. The molecule has 4 rings (SSSR count). The molecule has 0 fully saturated rings. The molecule has 8 heteroatoms. The Morgan fingerprint density at radius 3 is 2.57 bits per heavy atom. The van der Waals surface area contributed by atoms with Crippen LogP contribution in [-0.4, -0.2) is 40.0 Å². The summed E-state index contributed by atoms with van der Waals surface area (Å²) < 4.78 is 95.1. The van der Waals surface area contributed by atoms with Crippen molar-refractivity contribution < 1.29 is 32.6 Å². The summed E-state index contributed by atoms with van der Waals surface area (Å²) in [5, 5.41) is 0. The van der Waals surface area contributed by atoms with Crippen molar-refractivity contribution in [3.05, 3.63) is 72.1 Å². The first kappa shape index (κ1) is 12.9. The normalized spacial score (nSPS) is 17.2. The molecule has 0 bridgehead atoms. The molecule has 6 nitrogen and oxygen atoms in total. The smallest absolute Gasteiger partial charge is 0.394 e. The molecule has 0 aliphatic carbocycles. The van der Waals surface area contributed by atoms with Gasteiger partial charge in [-0.15, -0.1) is 0 Å². The summed E-state index contributed by atoms with van der Waals surface area (Å²) in [5.41, 5.74) is -1.57. The van der Waals surface area contributed by atoms with Gasteiger partial charge in [0.25, 0.3) is 5.91 Å². The van der Waals surface area contributed by atoms with Crippen molar-refractivity contribution >= 4 is 5.91 Å². The zero-order valence-electron chi connectivity index (χ0n) is 22.7. The third-order valence-electron chi connectivity index (χ3n) is 3.97. The molecule has 154 valence electrons. The van der Waals surface area contributed by atoms with Gasteiger partial charge in [0.15, 0.2) is 0 Å². The number of carbonyl (C=O) groups is 1. The molecule has 1 aliphatic rings. The van der Waals surface area contributed by atoms with Crippen LogP contribution in [0.3, 0.4) is 0 Å². The van der Waals surface area contributed by atoms with E-state index in [0.29, 0.717) is 12.7 Å². The van der Waals surface area contributed by atoms with Gasteiger partial charge in [-0.3, -0.25) is 4.79 Å². The van der Waals surface area contributed by atoms with Gasteiger partial charge in [-0.05, 0) is 41.4 Å². The minimum Gasteiger partial charge on any atom is -0.491 e. The summed E-state index contributed by atoms with van der Waals surface area (Å²) in [6, 6.07) is -4.06. The fourth-order valence-electron chi connectivity index (χ4n) is 2.69. The lowest BCUT2D eigenvalue weighted by molar-refractivity contribution is -0.158. The lowest BCUT2D eigenvalue weighted by Crippen LogP contribution is -2.32. The van der Waals surface area contributed by atoms with Crippen molar-refractivity contribution in [1.29, 1.82) is 0 Å². The first-order valence-electron chi connectivity index (χ1n) is 12.3. The number of carbonyl (C=O) groups excluding carboxylic acids is 1. The summed E-state index contributed by atoms with van der Waals surface area (Å²) in [5.74, 6) is -1.79. The fraction of sp³-hybridized carbons (Fsp3) is 0.227. The first-order chi connectivity index (χ1) is 17.3. The maximum Gasteiger partial charge on any atom is 0.394 e. The number of aromatic nitrogens is 2. The Morgan fingerprint density at radius 2 is 1.87 bits per heavy atom. The van der Waals surface area contributed by atoms with Gasteiger partial charge in [0.2, 0.25) is 0 Å². The van der Waals surface area contributed by atoms with Crippen molar-refractivity contribution in [2.45, 2.75) is 19.6 Å². The molecule has 2 aromatic carbocycles. The van der Waals surface area contributed by atoms with E-state index in [9.17, 15) is 13.6 Å². The minimum atomic E-state index is -3.80. The van der Waals surface area contributed by atoms with Crippen molar-refractivity contribution in [1.82, 2.24) is 14.9 Å². The lowest BCUT2D eigenvalue weighted by Gasteiger charge is -2.19. The Hall–Kier alpha value is -3.55. The van der Waals surface area contributed by atoms with E-state index < -0.39 is 76.8 Å². The van der Waals surface area contributed by atoms with E-state index in [0.717, 1.165) is 0 Å². The number of hydrogen-bond acceptors (Lipinski definition) is 5. The minimum absolute atomic E-state index is 0.0473. The van der Waals surface area contributed by atoms with Crippen LogP contribution in [0.4, 0.5) is 8.78 Å². The monoisotopic (exact) mass is 418 g/mol. The molecule has 1 amide bonds. The van der Waals surface area contributed by atoms with Crippen LogP contribution in [0.1, 0.15) is 32.7 Å². The van der Waals surface area contributed by atoms with E-state index in [1.807, 2.05) is 0 Å². The van der Waals surface area contributed by atoms with Gasteiger partial charge in [0, 0.05) is 19.3 Å². The molecular formula is C22H19F2N3O3. The van der Waals surface area contributed by atoms with Crippen molar-refractivity contribution in [3.63, 3.8) is 0 Å². The van der Waals surface area contributed by atoms with Crippen LogP contribution >= 0.6 is 0 Å². The Bertz CT molecular complexity index is 1380. The summed E-state index contributed by atoms with van der Waals surface area (Å²) in [6.45, 7) is 0.304. The zero-order valence-corrected chi connectivity index (χ0v) is 15.7. The van der Waals surface area contributed by atoms with Gasteiger partial charge in [0.1, 0.15) is 23.9 Å². The SMILES string of the molecule is [2H]c1c([2H])c(-c2c([2H])c([2H])c3c(c2[2H])C(=O)N(Cc2ncccn2)CCO3)c([2H])c([2H])c1OC(C)(F)F. The molecule has 0 N–H and O–H groups in total. The highest BCUT2D eigenvalue weighted by atomic mass is 19.3. The molecule has 3 aromatic rings. The van der Waals surface area contributed by atoms with Gasteiger partial charge in [-0.2, -0.15) is 8.78 Å². The Kier molecular flexibility index (Phi) is 3.46. The van der Waals surface area contributed by atoms with Crippen LogP contribution in [-0.2, 0) is 6.54 Å². The van der Waals surface area contributed by atoms with Crippen molar-refractivity contribution in [3.8, 4) is 22.6 Å². The molecular weight excluding hydrogens is 392 g/mol. The number of hydrogen-bond donors (Lipinski definition) is 0. The average molecular weight is 418 g/mol. The van der Waals surface area contributed by atoms with Crippen LogP contribution in [0.2, 0.25) is 0 Å². The molecule has 1 aromatic heterocycles. The summed E-state index contributed by atoms with van der Waals surface area (Å²) in [6.07, 6.45) is -0.829. The first-order valence-corrected chi connectivity index (χ1v) is 8.82. The number of ether oxygens (including phenoxy) is 2. The van der Waals surface area contributed by atoms with Crippen LogP contribution in [0.5, 0.6) is 11.5 Å². The molecule has 1 aliphatic heterocycles. The Labute approximate surface area is 181 Å². The number of amides is 1. The fourth-order valence-corrected chi connectivity index (χ4v) is 2.69. The van der Waals surface area contributed by atoms with Crippen LogP contribution in [0, 0.1) is 0 Å². The van der Waals surface area contributed by atoms with Gasteiger partial charge in [-0.25, -0.2) is 9.97 Å². The zero-order chi connectivity index (χ0) is 27.2. The third-order valence-corrected chi connectivity index (χ3v) is 3.97. The van der Waals surface area contributed by atoms with Crippen LogP contribution < -0.4 is 9.47 Å². The average Bonchev–Trinajstić information content (AvgIpc) is 3.00. The molecule has 30 heavy (non-hydrogen) atoms. The molecule has 0 saturated carbocycles. The van der Waals surface area contributed by atoms with Crippen LogP contribution in [0.15, 0.2) is 60.8 Å². The highest BCUT2D eigenvalue weighted by Gasteiger charge is 2.25. The van der Waals surface area contributed by atoms with E-state index in [1.54, 1.807) is 6.07 Å². The number of fused-ring (bicyclic) bond motifs is 1. The summed E-state index contributed by atoms with van der Waals surface area (Å²) >= 11 is 0. The standard InChI is InChI=1S/C22H19F2N3O3/c1-22(23,24)30-17-6-3-15(4-7-17)16-5-8-19-18(13-16)21(28)27(11-12-29-19)14-20-25-9-2-10-26-20/h2-10,13H,11-12,14H2,1H3/i3D,4D,5D,6D,7D,8D,13D. The number of alkyl halides is 2. The number of benzene rings is 2. The van der Waals surface area contributed by atoms with Crippen molar-refractivity contribution in [2.24, 2.45) is 0 Å². The van der Waals surface area contributed by atoms with Gasteiger partial charge in [0.05, 0.1) is 28.2 Å². The van der Waals surface area contributed by atoms with Gasteiger partial charge in [-0.1, -0.05) is 18.1 Å². The van der Waals surface area contributed by atoms with Gasteiger partial charge >= 0.3 is 6.11 Å².